The standard InChI is InChI=1S/C16H10FN3O/c17-14-6-4-12(5-7-14)15(10-19)20-16(21)13-3-1-2-11(8-13)9-18/h1-8,15H,(H,20,21)/t15-/m1/s1. The average molecular weight is 279 g/mol. The Kier molecular flexibility index (Phi) is 4.28. The van der Waals surface area contributed by atoms with Gasteiger partial charge in [0.1, 0.15) is 11.9 Å². The van der Waals surface area contributed by atoms with Crippen molar-refractivity contribution in [1.29, 1.82) is 10.5 Å². The highest BCUT2D eigenvalue weighted by molar-refractivity contribution is 5.95. The van der Waals surface area contributed by atoms with Crippen molar-refractivity contribution in [1.82, 2.24) is 5.32 Å². The summed E-state index contributed by atoms with van der Waals surface area (Å²) < 4.78 is 12.9. The van der Waals surface area contributed by atoms with Gasteiger partial charge in [0, 0.05) is 5.56 Å². The first-order valence-electron chi connectivity index (χ1n) is 6.10. The molecule has 0 aromatic heterocycles. The number of hydrogen-bond acceptors (Lipinski definition) is 3. The largest absolute Gasteiger partial charge is 0.332 e. The monoisotopic (exact) mass is 279 g/mol. The number of amides is 1. The van der Waals surface area contributed by atoms with E-state index in [1.165, 1.54) is 30.3 Å². The van der Waals surface area contributed by atoms with Gasteiger partial charge in [0.25, 0.3) is 5.91 Å². The van der Waals surface area contributed by atoms with Crippen LogP contribution in [0.2, 0.25) is 0 Å². The smallest absolute Gasteiger partial charge is 0.252 e. The van der Waals surface area contributed by atoms with Crippen molar-refractivity contribution in [2.24, 2.45) is 0 Å². The van der Waals surface area contributed by atoms with E-state index in [0.29, 0.717) is 11.1 Å². The van der Waals surface area contributed by atoms with Crippen LogP contribution in [0.25, 0.3) is 0 Å². The molecule has 2 aromatic rings. The maximum atomic E-state index is 12.9. The molecule has 1 atom stereocenters. The fraction of sp³-hybridized carbons (Fsp3) is 0.0625. The van der Waals surface area contributed by atoms with Crippen LogP contribution in [-0.4, -0.2) is 5.91 Å². The molecular formula is C16H10FN3O. The van der Waals surface area contributed by atoms with Crippen LogP contribution >= 0.6 is 0 Å². The molecule has 1 amide bonds. The van der Waals surface area contributed by atoms with Gasteiger partial charge in [0.05, 0.1) is 17.7 Å². The first-order valence-corrected chi connectivity index (χ1v) is 6.10. The molecular weight excluding hydrogens is 269 g/mol. The van der Waals surface area contributed by atoms with Gasteiger partial charge in [-0.2, -0.15) is 10.5 Å². The number of nitriles is 2. The highest BCUT2D eigenvalue weighted by Crippen LogP contribution is 2.14. The molecule has 0 fully saturated rings. The van der Waals surface area contributed by atoms with Crippen LogP contribution in [0.5, 0.6) is 0 Å². The third-order valence-electron chi connectivity index (χ3n) is 2.86. The van der Waals surface area contributed by atoms with Gasteiger partial charge in [-0.15, -0.1) is 0 Å². The van der Waals surface area contributed by atoms with E-state index in [4.69, 9.17) is 10.5 Å². The molecule has 0 saturated carbocycles. The van der Waals surface area contributed by atoms with Crippen molar-refractivity contribution >= 4 is 5.91 Å². The van der Waals surface area contributed by atoms with Gasteiger partial charge in [-0.1, -0.05) is 18.2 Å². The third-order valence-corrected chi connectivity index (χ3v) is 2.86. The minimum Gasteiger partial charge on any atom is -0.332 e. The van der Waals surface area contributed by atoms with Crippen LogP contribution in [-0.2, 0) is 0 Å². The molecule has 5 heteroatoms. The first-order chi connectivity index (χ1) is 10.1. The number of halogens is 1. The summed E-state index contributed by atoms with van der Waals surface area (Å²) in [5, 5.41) is 20.5. The molecule has 0 heterocycles. The number of nitrogens with one attached hydrogen (secondary N) is 1. The van der Waals surface area contributed by atoms with Gasteiger partial charge in [-0.25, -0.2) is 4.39 Å². The molecule has 2 rings (SSSR count). The SMILES string of the molecule is N#Cc1cccc(C(=O)N[C@H](C#N)c2ccc(F)cc2)c1. The Bertz CT molecular complexity index is 741. The number of carbonyl (C=O) groups is 1. The molecule has 0 aliphatic rings. The quantitative estimate of drug-likeness (QED) is 0.938. The molecule has 0 aliphatic carbocycles. The van der Waals surface area contributed by atoms with E-state index >= 15 is 0 Å². The Labute approximate surface area is 121 Å². The first kappa shape index (κ1) is 14.2. The summed E-state index contributed by atoms with van der Waals surface area (Å²) in [5.41, 5.74) is 1.14. The molecule has 0 saturated heterocycles. The zero-order valence-electron chi connectivity index (χ0n) is 10.9. The fourth-order valence-electron chi connectivity index (χ4n) is 1.79. The molecule has 1 N–H and O–H groups in total. The predicted octanol–water partition coefficient (Wildman–Crippen LogP) is 2.69. The van der Waals surface area contributed by atoms with Gasteiger partial charge in [0.15, 0.2) is 0 Å². The van der Waals surface area contributed by atoms with Gasteiger partial charge < -0.3 is 5.32 Å². The predicted molar refractivity (Wildman–Crippen MR) is 73.4 cm³/mol. The highest BCUT2D eigenvalue weighted by Gasteiger charge is 2.15. The van der Waals surface area contributed by atoms with E-state index in [-0.39, 0.29) is 5.56 Å². The van der Waals surface area contributed by atoms with Crippen molar-refractivity contribution in [3.05, 3.63) is 71.0 Å². The molecule has 0 unspecified atom stereocenters. The zero-order valence-corrected chi connectivity index (χ0v) is 10.9. The minimum atomic E-state index is -0.885. The molecule has 0 radical (unpaired) electrons. The molecule has 2 aromatic carbocycles. The maximum absolute atomic E-state index is 12.9. The Morgan fingerprint density at radius 1 is 1.14 bits per heavy atom. The molecule has 0 aliphatic heterocycles. The highest BCUT2D eigenvalue weighted by atomic mass is 19.1. The number of hydrogen-bond donors (Lipinski definition) is 1. The van der Waals surface area contributed by atoms with Crippen LogP contribution in [0.15, 0.2) is 48.5 Å². The number of rotatable bonds is 3. The van der Waals surface area contributed by atoms with Crippen molar-refractivity contribution in [2.45, 2.75) is 6.04 Å². The second-order valence-corrected chi connectivity index (χ2v) is 4.28. The normalized spacial score (nSPS) is 11.0. The van der Waals surface area contributed by atoms with Crippen LogP contribution in [0, 0.1) is 28.5 Å². The maximum Gasteiger partial charge on any atom is 0.252 e. The van der Waals surface area contributed by atoms with E-state index < -0.39 is 17.8 Å². The summed E-state index contributed by atoms with van der Waals surface area (Å²) in [5.74, 6) is -0.883. The van der Waals surface area contributed by atoms with E-state index in [1.54, 1.807) is 18.2 Å². The fourth-order valence-corrected chi connectivity index (χ4v) is 1.79. The van der Waals surface area contributed by atoms with Gasteiger partial charge in [-0.05, 0) is 35.9 Å². The van der Waals surface area contributed by atoms with E-state index in [1.807, 2.05) is 12.1 Å². The van der Waals surface area contributed by atoms with E-state index in [9.17, 15) is 9.18 Å². The Hall–Kier alpha value is -3.18. The van der Waals surface area contributed by atoms with Crippen LogP contribution in [0.1, 0.15) is 27.5 Å². The Balaban J connectivity index is 2.19. The van der Waals surface area contributed by atoms with Gasteiger partial charge >= 0.3 is 0 Å². The second kappa shape index (κ2) is 6.31. The molecule has 0 spiro atoms. The molecule has 0 bridgehead atoms. The van der Waals surface area contributed by atoms with Crippen molar-refractivity contribution in [3.63, 3.8) is 0 Å². The molecule has 4 nitrogen and oxygen atoms in total. The lowest BCUT2D eigenvalue weighted by atomic mass is 10.1. The van der Waals surface area contributed by atoms with Crippen molar-refractivity contribution in [3.8, 4) is 12.1 Å². The Morgan fingerprint density at radius 3 is 2.48 bits per heavy atom. The summed E-state index contributed by atoms with van der Waals surface area (Å²) >= 11 is 0. The summed E-state index contributed by atoms with van der Waals surface area (Å²) in [6.45, 7) is 0. The number of carbonyl (C=O) groups excluding carboxylic acids is 1. The van der Waals surface area contributed by atoms with Crippen molar-refractivity contribution < 1.29 is 9.18 Å². The van der Waals surface area contributed by atoms with Gasteiger partial charge in [0.2, 0.25) is 0 Å². The lowest BCUT2D eigenvalue weighted by Gasteiger charge is -2.12. The molecule has 102 valence electrons. The summed E-state index contributed by atoms with van der Waals surface area (Å²) in [4.78, 5) is 12.1. The summed E-state index contributed by atoms with van der Waals surface area (Å²) in [7, 11) is 0. The zero-order chi connectivity index (χ0) is 15.2. The number of nitrogens with zero attached hydrogens (tertiary/aromatic N) is 2. The topological polar surface area (TPSA) is 76.7 Å². The average Bonchev–Trinajstić information content (AvgIpc) is 2.53. The van der Waals surface area contributed by atoms with Crippen LogP contribution in [0.4, 0.5) is 4.39 Å². The van der Waals surface area contributed by atoms with Crippen molar-refractivity contribution in [2.75, 3.05) is 0 Å². The summed E-state index contributed by atoms with van der Waals surface area (Å²) in [6.07, 6.45) is 0. The number of benzene rings is 2. The third kappa shape index (κ3) is 3.43. The summed E-state index contributed by atoms with van der Waals surface area (Å²) in [6, 6.07) is 14.5. The minimum absolute atomic E-state index is 0.288. The second-order valence-electron chi connectivity index (χ2n) is 4.28. The Morgan fingerprint density at radius 2 is 1.86 bits per heavy atom. The molecule has 21 heavy (non-hydrogen) atoms. The van der Waals surface area contributed by atoms with Crippen LogP contribution in [0.3, 0.4) is 0 Å². The van der Waals surface area contributed by atoms with Gasteiger partial charge in [-0.3, -0.25) is 4.79 Å². The lowest BCUT2D eigenvalue weighted by Crippen LogP contribution is -2.27. The van der Waals surface area contributed by atoms with Crippen LogP contribution < -0.4 is 5.32 Å². The lowest BCUT2D eigenvalue weighted by molar-refractivity contribution is 0.0945. The van der Waals surface area contributed by atoms with E-state index in [2.05, 4.69) is 5.32 Å². The van der Waals surface area contributed by atoms with E-state index in [0.717, 1.165) is 0 Å².